The average molecular weight is 212 g/mol. The molecule has 5 heteroatoms. The van der Waals surface area contributed by atoms with E-state index in [1.807, 2.05) is 0 Å². The maximum atomic E-state index is 11.1. The molecule has 14 heavy (non-hydrogen) atoms. The number of aldehydes is 1. The molecule has 0 aliphatic rings. The Morgan fingerprint density at radius 3 is 2.86 bits per heavy atom. The molecule has 0 saturated heterocycles. The van der Waals surface area contributed by atoms with Crippen molar-refractivity contribution in [2.75, 3.05) is 0 Å². The van der Waals surface area contributed by atoms with E-state index in [9.17, 15) is 9.59 Å². The molecule has 0 fully saturated rings. The summed E-state index contributed by atoms with van der Waals surface area (Å²) < 4.78 is 6.18. The molecule has 0 spiro atoms. The third kappa shape index (κ3) is 1.15. The first-order valence-corrected chi connectivity index (χ1v) is 4.25. The number of hydrogen-bond donors (Lipinski definition) is 0. The Morgan fingerprint density at radius 2 is 2.21 bits per heavy atom. The van der Waals surface area contributed by atoms with Crippen molar-refractivity contribution in [3.63, 3.8) is 0 Å². The smallest absolute Gasteiger partial charge is 0.408 e. The number of rotatable bonds is 1. The molecule has 2 rings (SSSR count). The zero-order valence-corrected chi connectivity index (χ0v) is 8.04. The van der Waals surface area contributed by atoms with Gasteiger partial charge in [0.15, 0.2) is 5.58 Å². The fraction of sp³-hybridized carbons (Fsp3) is 0.111. The minimum Gasteiger partial charge on any atom is -0.408 e. The van der Waals surface area contributed by atoms with E-state index in [2.05, 4.69) is 0 Å². The van der Waals surface area contributed by atoms with Gasteiger partial charge >= 0.3 is 5.76 Å². The van der Waals surface area contributed by atoms with Gasteiger partial charge in [-0.25, -0.2) is 4.79 Å². The molecule has 2 aromatic rings. The van der Waals surface area contributed by atoms with Crippen LogP contribution >= 0.6 is 11.6 Å². The van der Waals surface area contributed by atoms with Crippen molar-refractivity contribution in [1.29, 1.82) is 0 Å². The molecule has 0 aliphatic heterocycles. The van der Waals surface area contributed by atoms with Crippen LogP contribution in [0.15, 0.2) is 21.3 Å². The molecule has 0 radical (unpaired) electrons. The second kappa shape index (κ2) is 2.99. The molecule has 1 aromatic heterocycles. The standard InChI is InChI=1S/C9H6ClNO3/c1-11-8-6(10)2-5(4-12)3-7(8)14-9(11)13/h2-4H,1H3. The van der Waals surface area contributed by atoms with E-state index in [0.29, 0.717) is 28.0 Å². The van der Waals surface area contributed by atoms with Crippen LogP contribution in [0.25, 0.3) is 11.1 Å². The molecule has 4 nitrogen and oxygen atoms in total. The first-order valence-electron chi connectivity index (χ1n) is 3.87. The maximum Gasteiger partial charge on any atom is 0.419 e. The van der Waals surface area contributed by atoms with Crippen molar-refractivity contribution in [3.05, 3.63) is 33.3 Å². The highest BCUT2D eigenvalue weighted by atomic mass is 35.5. The van der Waals surface area contributed by atoms with Gasteiger partial charge in [0.1, 0.15) is 11.8 Å². The summed E-state index contributed by atoms with van der Waals surface area (Å²) >= 11 is 5.88. The van der Waals surface area contributed by atoms with Gasteiger partial charge in [-0.3, -0.25) is 9.36 Å². The van der Waals surface area contributed by atoms with Gasteiger partial charge in [-0.15, -0.1) is 0 Å². The summed E-state index contributed by atoms with van der Waals surface area (Å²) in [4.78, 5) is 21.6. The van der Waals surface area contributed by atoms with Crippen LogP contribution in [0.4, 0.5) is 0 Å². The molecular weight excluding hydrogens is 206 g/mol. The lowest BCUT2D eigenvalue weighted by Crippen LogP contribution is -2.08. The lowest BCUT2D eigenvalue weighted by atomic mass is 10.2. The van der Waals surface area contributed by atoms with E-state index in [-0.39, 0.29) is 0 Å². The van der Waals surface area contributed by atoms with E-state index < -0.39 is 5.76 Å². The van der Waals surface area contributed by atoms with Gasteiger partial charge in [0.25, 0.3) is 0 Å². The number of carbonyl (C=O) groups is 1. The fourth-order valence-corrected chi connectivity index (χ4v) is 1.66. The minimum atomic E-state index is -0.495. The third-order valence-corrected chi connectivity index (χ3v) is 2.28. The van der Waals surface area contributed by atoms with E-state index in [0.717, 1.165) is 0 Å². The first kappa shape index (κ1) is 9.02. The van der Waals surface area contributed by atoms with E-state index in [1.54, 1.807) is 7.05 Å². The van der Waals surface area contributed by atoms with Crippen LogP contribution in [0.1, 0.15) is 10.4 Å². The average Bonchev–Trinajstić information content (AvgIpc) is 2.43. The quantitative estimate of drug-likeness (QED) is 0.674. The Hall–Kier alpha value is -1.55. The van der Waals surface area contributed by atoms with Gasteiger partial charge < -0.3 is 4.42 Å². The summed E-state index contributed by atoms with van der Waals surface area (Å²) in [6.45, 7) is 0. The number of fused-ring (bicyclic) bond motifs is 1. The number of hydrogen-bond acceptors (Lipinski definition) is 3. The van der Waals surface area contributed by atoms with Crippen LogP contribution in [0, 0.1) is 0 Å². The number of aryl methyl sites for hydroxylation is 1. The summed E-state index contributed by atoms with van der Waals surface area (Å²) in [5.74, 6) is -0.495. The molecule has 72 valence electrons. The summed E-state index contributed by atoms with van der Waals surface area (Å²) in [6, 6.07) is 2.97. The van der Waals surface area contributed by atoms with Crippen molar-refractivity contribution in [1.82, 2.24) is 4.57 Å². The van der Waals surface area contributed by atoms with Crippen LogP contribution in [-0.2, 0) is 7.05 Å². The van der Waals surface area contributed by atoms with Crippen molar-refractivity contribution in [2.45, 2.75) is 0 Å². The summed E-state index contributed by atoms with van der Waals surface area (Å²) in [5.41, 5.74) is 1.21. The van der Waals surface area contributed by atoms with Crippen LogP contribution in [-0.4, -0.2) is 10.9 Å². The van der Waals surface area contributed by atoms with Gasteiger partial charge in [-0.2, -0.15) is 0 Å². The SMILES string of the molecule is Cn1c(=O)oc2cc(C=O)cc(Cl)c21. The maximum absolute atomic E-state index is 11.1. The predicted molar refractivity (Wildman–Crippen MR) is 51.9 cm³/mol. The largest absolute Gasteiger partial charge is 0.419 e. The number of aromatic nitrogens is 1. The molecule has 0 atom stereocenters. The molecule has 0 amide bonds. The Kier molecular flexibility index (Phi) is 1.93. The zero-order valence-electron chi connectivity index (χ0n) is 7.28. The Balaban J connectivity index is 2.96. The highest BCUT2D eigenvalue weighted by Gasteiger charge is 2.10. The fourth-order valence-electron chi connectivity index (χ4n) is 1.32. The van der Waals surface area contributed by atoms with Crippen LogP contribution in [0.3, 0.4) is 0 Å². The first-order chi connectivity index (χ1) is 6.63. The Labute approximate surface area is 83.7 Å². The monoisotopic (exact) mass is 211 g/mol. The lowest BCUT2D eigenvalue weighted by molar-refractivity contribution is 0.112. The summed E-state index contributed by atoms with van der Waals surface area (Å²) in [5, 5.41) is 0.331. The van der Waals surface area contributed by atoms with Gasteiger partial charge in [0, 0.05) is 12.6 Å². The highest BCUT2D eigenvalue weighted by Crippen LogP contribution is 2.23. The highest BCUT2D eigenvalue weighted by molar-refractivity contribution is 6.35. The predicted octanol–water partition coefficient (Wildman–Crippen LogP) is 1.60. The zero-order chi connectivity index (χ0) is 10.3. The second-order valence-electron chi connectivity index (χ2n) is 2.89. The van der Waals surface area contributed by atoms with Crippen molar-refractivity contribution in [2.24, 2.45) is 7.05 Å². The normalized spacial score (nSPS) is 10.7. The van der Waals surface area contributed by atoms with Crippen LogP contribution < -0.4 is 5.76 Å². The van der Waals surface area contributed by atoms with Crippen LogP contribution in [0.5, 0.6) is 0 Å². The minimum absolute atomic E-state index is 0.326. The number of benzene rings is 1. The van der Waals surface area contributed by atoms with Crippen molar-refractivity contribution >= 4 is 29.0 Å². The topological polar surface area (TPSA) is 52.2 Å². The molecule has 1 aromatic carbocycles. The van der Waals surface area contributed by atoms with Crippen molar-refractivity contribution < 1.29 is 9.21 Å². The van der Waals surface area contributed by atoms with Crippen molar-refractivity contribution in [3.8, 4) is 0 Å². The third-order valence-electron chi connectivity index (χ3n) is 1.99. The Bertz CT molecular complexity index is 567. The molecular formula is C9H6ClNO3. The van der Waals surface area contributed by atoms with E-state index in [1.165, 1.54) is 16.7 Å². The van der Waals surface area contributed by atoms with Crippen LogP contribution in [0.2, 0.25) is 5.02 Å². The van der Waals surface area contributed by atoms with Gasteiger partial charge in [-0.05, 0) is 12.1 Å². The number of carbonyl (C=O) groups excluding carboxylic acids is 1. The van der Waals surface area contributed by atoms with Gasteiger partial charge in [-0.1, -0.05) is 11.6 Å². The van der Waals surface area contributed by atoms with Gasteiger partial charge in [0.2, 0.25) is 0 Å². The van der Waals surface area contributed by atoms with Gasteiger partial charge in [0.05, 0.1) is 5.02 Å². The second-order valence-corrected chi connectivity index (χ2v) is 3.30. The summed E-state index contributed by atoms with van der Waals surface area (Å²) in [6.07, 6.45) is 0.651. The summed E-state index contributed by atoms with van der Waals surface area (Å²) in [7, 11) is 1.56. The lowest BCUT2D eigenvalue weighted by Gasteiger charge is -1.96. The number of halogens is 1. The number of nitrogens with zero attached hydrogens (tertiary/aromatic N) is 1. The van der Waals surface area contributed by atoms with E-state index in [4.69, 9.17) is 16.0 Å². The molecule has 0 bridgehead atoms. The Morgan fingerprint density at radius 1 is 1.50 bits per heavy atom. The molecule has 0 N–H and O–H groups in total. The van der Waals surface area contributed by atoms with E-state index >= 15 is 0 Å². The molecule has 0 saturated carbocycles. The number of oxazole rings is 1. The molecule has 0 unspecified atom stereocenters. The molecule has 0 aliphatic carbocycles. The molecule has 1 heterocycles.